The van der Waals surface area contributed by atoms with Gasteiger partial charge < -0.3 is 13.8 Å². The van der Waals surface area contributed by atoms with Crippen molar-refractivity contribution in [2.24, 2.45) is 0 Å². The average molecular weight is 893 g/mol. The van der Waals surface area contributed by atoms with Crippen LogP contribution in [-0.2, 0) is 27.1 Å². The van der Waals surface area contributed by atoms with Gasteiger partial charge in [0.1, 0.15) is 11.2 Å². The second-order valence-corrected chi connectivity index (χ2v) is 25.9. The first-order valence-electron chi connectivity index (χ1n) is 24.7. The number of fused-ring (bicyclic) bond motifs is 17. The van der Waals surface area contributed by atoms with Gasteiger partial charge in [0.25, 0.3) is 0 Å². The molecule has 0 fully saturated rings. The fraction of sp³-hybridized carbons (Fsp3) is 0.323. The summed E-state index contributed by atoms with van der Waals surface area (Å²) in [7, 11) is 0. The largest absolute Gasteiger partial charge is 0.456 e. The van der Waals surface area contributed by atoms with Crippen molar-refractivity contribution in [3.05, 3.63) is 137 Å². The highest BCUT2D eigenvalue weighted by atomic mass is 32.1. The third-order valence-corrected chi connectivity index (χ3v) is 17.7. The summed E-state index contributed by atoms with van der Waals surface area (Å²) >= 11 is 1.97. The van der Waals surface area contributed by atoms with Crippen LogP contribution in [-0.4, -0.2) is 11.4 Å². The number of benzene rings is 7. The molecule has 7 aromatic carbocycles. The number of thiophene rings is 1. The molecule has 2 aliphatic heterocycles. The van der Waals surface area contributed by atoms with Crippen molar-refractivity contribution in [3.63, 3.8) is 0 Å². The highest BCUT2D eigenvalue weighted by molar-refractivity contribution is 7.27. The summed E-state index contributed by atoms with van der Waals surface area (Å²) in [5.74, 6) is 0. The summed E-state index contributed by atoms with van der Waals surface area (Å²) in [5.41, 5.74) is 20.7. The molecule has 0 amide bonds. The lowest BCUT2D eigenvalue weighted by atomic mass is 9.43. The van der Waals surface area contributed by atoms with E-state index in [1.165, 1.54) is 133 Å². The van der Waals surface area contributed by atoms with Crippen molar-refractivity contribution in [2.75, 3.05) is 4.81 Å². The van der Waals surface area contributed by atoms with E-state index < -0.39 is 0 Å². The first kappa shape index (κ1) is 41.4. The maximum atomic E-state index is 7.16. The van der Waals surface area contributed by atoms with Crippen LogP contribution in [0.25, 0.3) is 80.7 Å². The van der Waals surface area contributed by atoms with Gasteiger partial charge in [-0.3, -0.25) is 0 Å². The monoisotopic (exact) mass is 892 g/mol. The molecule has 3 aromatic heterocycles. The normalized spacial score (nSPS) is 16.5. The minimum absolute atomic E-state index is 0.00737. The molecule has 10 aromatic rings. The number of aromatic nitrogens is 1. The van der Waals surface area contributed by atoms with Gasteiger partial charge in [0.2, 0.25) is 0 Å². The second-order valence-electron chi connectivity index (χ2n) is 24.9. The van der Waals surface area contributed by atoms with Crippen LogP contribution in [0, 0.1) is 0 Å². The van der Waals surface area contributed by atoms with Gasteiger partial charge in [-0.2, -0.15) is 0 Å². The third-order valence-electron chi connectivity index (χ3n) is 16.5. The minimum Gasteiger partial charge on any atom is -0.456 e. The van der Waals surface area contributed by atoms with E-state index in [0.717, 1.165) is 11.2 Å². The number of hydrogen-bond donors (Lipinski definition) is 0. The molecule has 67 heavy (non-hydrogen) atoms. The van der Waals surface area contributed by atoms with E-state index in [0.29, 0.717) is 0 Å². The molecule has 0 saturated carbocycles. The standard InChI is InChI=1S/C62H61BN2OS/c1-58(2,3)34-18-22-37(23-19-34)65-48-31-40-39-30-43-44(62(12,13)27-26-61(43,10)11)33-50(39)66-49(40)32-42(48)54-55-56-52(53-38-16-14-15-17-51(38)67-57(53)54)41-28-35(59(4,5)6)20-24-46(41)64(56)47-25-21-36(60(7,8)9)29-45(47)63(55)65/h14-25,28-33H,26-27H2,1-13H3. The SMILES string of the molecule is CC(C)(C)c1ccc(N2B3c4cc(C(C)(C)C)ccc4-n4c5ccc(C(C)(C)C)cc5c5c6c(sc7ccccc76)c(c3c54)-c3cc4oc5cc6c(cc5c4cc32)C(C)(C)CCC6(C)C)cc1. The smallest absolute Gasteiger partial charge is 0.333 e. The van der Waals surface area contributed by atoms with Crippen molar-refractivity contribution in [3.8, 4) is 16.8 Å². The molecule has 0 radical (unpaired) electrons. The lowest BCUT2D eigenvalue weighted by Crippen LogP contribution is -2.60. The predicted octanol–water partition coefficient (Wildman–Crippen LogP) is 16.5. The summed E-state index contributed by atoms with van der Waals surface area (Å²) in [6, 6.07) is 43.3. The Kier molecular flexibility index (Phi) is 8.07. The summed E-state index contributed by atoms with van der Waals surface area (Å²) in [4.78, 5) is 2.72. The van der Waals surface area contributed by atoms with Crippen LogP contribution in [0.3, 0.4) is 0 Å². The highest BCUT2D eigenvalue weighted by Crippen LogP contribution is 2.55. The highest BCUT2D eigenvalue weighted by Gasteiger charge is 2.47. The fourth-order valence-corrected chi connectivity index (χ4v) is 13.7. The van der Waals surface area contributed by atoms with E-state index in [2.05, 4.69) is 209 Å². The number of furan rings is 1. The van der Waals surface area contributed by atoms with Crippen LogP contribution in [0.15, 0.2) is 114 Å². The zero-order valence-electron chi connectivity index (χ0n) is 41.6. The lowest BCUT2D eigenvalue weighted by Gasteiger charge is -2.42. The molecule has 5 heteroatoms. The minimum atomic E-state index is -0.0978. The second kappa shape index (κ2) is 13.1. The van der Waals surface area contributed by atoms with Gasteiger partial charge in [-0.05, 0) is 139 Å². The van der Waals surface area contributed by atoms with Crippen molar-refractivity contribution in [2.45, 2.75) is 130 Å². The Morgan fingerprint density at radius 3 is 1.88 bits per heavy atom. The summed E-state index contributed by atoms with van der Waals surface area (Å²) in [6.45, 7) is 30.7. The van der Waals surface area contributed by atoms with Crippen LogP contribution < -0.4 is 15.7 Å². The van der Waals surface area contributed by atoms with Gasteiger partial charge >= 0.3 is 6.85 Å². The van der Waals surface area contributed by atoms with Crippen LogP contribution >= 0.6 is 11.3 Å². The Morgan fingerprint density at radius 1 is 0.567 bits per heavy atom. The summed E-state index contributed by atoms with van der Waals surface area (Å²) in [5, 5.41) is 7.81. The van der Waals surface area contributed by atoms with Crippen LogP contribution in [0.4, 0.5) is 11.4 Å². The molecule has 0 N–H and O–H groups in total. The van der Waals surface area contributed by atoms with Gasteiger partial charge in [-0.15, -0.1) is 11.3 Å². The number of hydrogen-bond acceptors (Lipinski definition) is 3. The zero-order chi connectivity index (χ0) is 46.6. The average Bonchev–Trinajstić information content (AvgIpc) is 3.94. The molecule has 0 spiro atoms. The van der Waals surface area contributed by atoms with Gasteiger partial charge in [0.05, 0.1) is 11.0 Å². The van der Waals surface area contributed by atoms with Crippen molar-refractivity contribution >= 4 is 104 Å². The van der Waals surface area contributed by atoms with Gasteiger partial charge in [-0.25, -0.2) is 0 Å². The molecule has 3 nitrogen and oxygen atoms in total. The van der Waals surface area contributed by atoms with Gasteiger partial charge in [0.15, 0.2) is 0 Å². The Bertz CT molecular complexity index is 3810. The molecular formula is C62H61BN2OS. The first-order chi connectivity index (χ1) is 31.6. The first-order valence-corrected chi connectivity index (χ1v) is 25.5. The third kappa shape index (κ3) is 5.64. The van der Waals surface area contributed by atoms with Crippen molar-refractivity contribution in [1.29, 1.82) is 0 Å². The van der Waals surface area contributed by atoms with Crippen LogP contribution in [0.2, 0.25) is 0 Å². The number of anilines is 2. The van der Waals surface area contributed by atoms with Crippen molar-refractivity contribution in [1.82, 2.24) is 4.57 Å². The maximum absolute atomic E-state index is 7.16. The van der Waals surface area contributed by atoms with E-state index >= 15 is 0 Å². The van der Waals surface area contributed by atoms with Crippen LogP contribution in [0.5, 0.6) is 0 Å². The van der Waals surface area contributed by atoms with E-state index in [1.807, 2.05) is 11.3 Å². The topological polar surface area (TPSA) is 21.3 Å². The fourth-order valence-electron chi connectivity index (χ4n) is 12.4. The number of nitrogens with zero attached hydrogens (tertiary/aromatic N) is 2. The van der Waals surface area contributed by atoms with Gasteiger partial charge in [-0.1, -0.05) is 139 Å². The molecule has 0 saturated heterocycles. The molecule has 1 aliphatic carbocycles. The Hall–Kier alpha value is -5.78. The van der Waals surface area contributed by atoms with Gasteiger partial charge in [0, 0.05) is 69.9 Å². The molecule has 13 rings (SSSR count). The summed E-state index contributed by atoms with van der Waals surface area (Å²) < 4.78 is 12.5. The molecule has 0 unspecified atom stereocenters. The van der Waals surface area contributed by atoms with Crippen molar-refractivity contribution < 1.29 is 4.42 Å². The Balaban J connectivity index is 1.25. The maximum Gasteiger partial charge on any atom is 0.333 e. The molecule has 3 aliphatic rings. The Labute approximate surface area is 399 Å². The van der Waals surface area contributed by atoms with E-state index in [-0.39, 0.29) is 33.9 Å². The zero-order valence-corrected chi connectivity index (χ0v) is 42.4. The van der Waals surface area contributed by atoms with E-state index in [1.54, 1.807) is 0 Å². The molecule has 0 bridgehead atoms. The molecule has 334 valence electrons. The summed E-state index contributed by atoms with van der Waals surface area (Å²) in [6.07, 6.45) is 2.34. The lowest BCUT2D eigenvalue weighted by molar-refractivity contribution is 0.332. The van der Waals surface area contributed by atoms with E-state index in [4.69, 9.17) is 4.42 Å². The number of rotatable bonds is 1. The molecule has 0 atom stereocenters. The molecule has 5 heterocycles. The quantitative estimate of drug-likeness (QED) is 0.153. The van der Waals surface area contributed by atoms with Crippen LogP contribution in [0.1, 0.15) is 131 Å². The molecular weight excluding hydrogens is 832 g/mol. The Morgan fingerprint density at radius 2 is 1.18 bits per heavy atom. The van der Waals surface area contributed by atoms with E-state index in [9.17, 15) is 0 Å². The predicted molar refractivity (Wildman–Crippen MR) is 291 cm³/mol.